The minimum absolute atomic E-state index is 0.0396. The number of hydrogen-bond donors (Lipinski definition) is 2. The van der Waals surface area contributed by atoms with Crippen molar-refractivity contribution >= 4 is 43.0 Å². The molecule has 68 valence electrons. The fraction of sp³-hybridized carbons (Fsp3) is 0.111. The van der Waals surface area contributed by atoms with Gasteiger partial charge in [-0.3, -0.25) is 0 Å². The van der Waals surface area contributed by atoms with Crippen molar-refractivity contribution in [3.63, 3.8) is 0 Å². The Morgan fingerprint density at radius 2 is 2.23 bits per heavy atom. The van der Waals surface area contributed by atoms with Crippen LogP contribution in [0.1, 0.15) is 5.56 Å². The summed E-state index contributed by atoms with van der Waals surface area (Å²) in [5, 5.41) is 12.1. The van der Waals surface area contributed by atoms with Crippen LogP contribution in [-0.4, -0.2) is 5.11 Å². The molecular weight excluding hydrogens is 250 g/mol. The van der Waals surface area contributed by atoms with Crippen LogP contribution in [0.5, 0.6) is 0 Å². The molecule has 0 aliphatic carbocycles. The number of hydrogen-bond acceptors (Lipinski definition) is 3. The van der Waals surface area contributed by atoms with Gasteiger partial charge in [0.1, 0.15) is 0 Å². The number of halogens is 1. The van der Waals surface area contributed by atoms with E-state index in [9.17, 15) is 0 Å². The number of benzene rings is 1. The highest BCUT2D eigenvalue weighted by molar-refractivity contribution is 9.10. The minimum atomic E-state index is 0.0396. The van der Waals surface area contributed by atoms with Crippen LogP contribution in [0.4, 0.5) is 5.69 Å². The summed E-state index contributed by atoms with van der Waals surface area (Å²) in [6.45, 7) is 0.0396. The van der Waals surface area contributed by atoms with Gasteiger partial charge in [0.05, 0.1) is 12.3 Å². The predicted molar refractivity (Wildman–Crippen MR) is 59.9 cm³/mol. The topological polar surface area (TPSA) is 46.2 Å². The highest BCUT2D eigenvalue weighted by Gasteiger charge is 2.08. The zero-order chi connectivity index (χ0) is 9.42. The lowest BCUT2D eigenvalue weighted by Crippen LogP contribution is -1.86. The zero-order valence-electron chi connectivity index (χ0n) is 6.75. The predicted octanol–water partition coefficient (Wildman–Crippen LogP) is 2.74. The summed E-state index contributed by atoms with van der Waals surface area (Å²) >= 11 is 4.96. The van der Waals surface area contributed by atoms with Crippen LogP contribution in [0, 0.1) is 0 Å². The molecule has 3 N–H and O–H groups in total. The van der Waals surface area contributed by atoms with E-state index in [1.165, 1.54) is 0 Å². The Morgan fingerprint density at radius 3 is 2.92 bits per heavy atom. The fourth-order valence-electron chi connectivity index (χ4n) is 1.30. The molecule has 0 bridgehead atoms. The Kier molecular flexibility index (Phi) is 2.27. The Bertz CT molecular complexity index is 452. The van der Waals surface area contributed by atoms with E-state index < -0.39 is 0 Å². The molecule has 0 atom stereocenters. The number of thiophene rings is 1. The lowest BCUT2D eigenvalue weighted by atomic mass is 10.1. The first-order valence-electron chi connectivity index (χ1n) is 3.79. The van der Waals surface area contributed by atoms with E-state index in [1.54, 1.807) is 11.3 Å². The second-order valence-corrected chi connectivity index (χ2v) is 4.49. The van der Waals surface area contributed by atoms with Crippen molar-refractivity contribution in [2.75, 3.05) is 5.73 Å². The van der Waals surface area contributed by atoms with Gasteiger partial charge in [0, 0.05) is 25.5 Å². The van der Waals surface area contributed by atoms with E-state index in [1.807, 2.05) is 17.5 Å². The largest absolute Gasteiger partial charge is 0.398 e. The highest BCUT2D eigenvalue weighted by atomic mass is 79.9. The van der Waals surface area contributed by atoms with Crippen LogP contribution in [0.2, 0.25) is 0 Å². The van der Waals surface area contributed by atoms with Crippen molar-refractivity contribution in [2.24, 2.45) is 0 Å². The molecule has 0 fully saturated rings. The summed E-state index contributed by atoms with van der Waals surface area (Å²) in [6, 6.07) is 3.88. The Morgan fingerprint density at radius 1 is 1.46 bits per heavy atom. The molecule has 2 nitrogen and oxygen atoms in total. The first kappa shape index (κ1) is 8.99. The van der Waals surface area contributed by atoms with Gasteiger partial charge >= 0.3 is 0 Å². The van der Waals surface area contributed by atoms with Gasteiger partial charge in [0.15, 0.2) is 0 Å². The van der Waals surface area contributed by atoms with Crippen molar-refractivity contribution < 1.29 is 5.11 Å². The van der Waals surface area contributed by atoms with Crippen molar-refractivity contribution in [1.29, 1.82) is 0 Å². The molecule has 2 aromatic rings. The second-order valence-electron chi connectivity index (χ2n) is 2.75. The standard InChI is InChI=1S/C9H8BrNOS/c10-7-2-1-5-8(11)4-13-9(5)6(7)3-12/h1-2,4,12H,3,11H2. The minimum Gasteiger partial charge on any atom is -0.398 e. The third-order valence-corrected chi connectivity index (χ3v) is 3.79. The average molecular weight is 258 g/mol. The molecular formula is C9H8BrNOS. The van der Waals surface area contributed by atoms with Gasteiger partial charge in [-0.2, -0.15) is 0 Å². The van der Waals surface area contributed by atoms with Gasteiger partial charge in [0.2, 0.25) is 0 Å². The molecule has 1 aromatic heterocycles. The van der Waals surface area contributed by atoms with Crippen molar-refractivity contribution in [3.05, 3.63) is 27.5 Å². The fourth-order valence-corrected chi connectivity index (χ4v) is 2.89. The van der Waals surface area contributed by atoms with E-state index in [-0.39, 0.29) is 6.61 Å². The molecule has 0 amide bonds. The van der Waals surface area contributed by atoms with Crippen LogP contribution in [0.15, 0.2) is 22.0 Å². The van der Waals surface area contributed by atoms with Crippen molar-refractivity contribution in [1.82, 2.24) is 0 Å². The molecule has 0 saturated carbocycles. The number of aliphatic hydroxyl groups is 1. The highest BCUT2D eigenvalue weighted by Crippen LogP contribution is 2.34. The maximum Gasteiger partial charge on any atom is 0.0706 e. The maximum absolute atomic E-state index is 9.16. The number of aliphatic hydroxyl groups excluding tert-OH is 1. The molecule has 0 aliphatic heterocycles. The van der Waals surface area contributed by atoms with E-state index in [0.29, 0.717) is 0 Å². The molecule has 0 unspecified atom stereocenters. The van der Waals surface area contributed by atoms with Gasteiger partial charge in [-0.15, -0.1) is 11.3 Å². The van der Waals surface area contributed by atoms with Crippen LogP contribution in [0.3, 0.4) is 0 Å². The van der Waals surface area contributed by atoms with E-state index >= 15 is 0 Å². The lowest BCUT2D eigenvalue weighted by molar-refractivity contribution is 0.283. The van der Waals surface area contributed by atoms with Crippen LogP contribution in [-0.2, 0) is 6.61 Å². The second kappa shape index (κ2) is 3.29. The molecule has 2 rings (SSSR count). The number of nitrogen functional groups attached to an aromatic ring is 1. The van der Waals surface area contributed by atoms with Gasteiger partial charge in [-0.05, 0) is 6.07 Å². The van der Waals surface area contributed by atoms with Crippen LogP contribution in [0.25, 0.3) is 10.1 Å². The SMILES string of the molecule is Nc1csc2c(CO)c(Br)ccc12. The van der Waals surface area contributed by atoms with Crippen molar-refractivity contribution in [2.45, 2.75) is 6.61 Å². The summed E-state index contributed by atoms with van der Waals surface area (Å²) in [4.78, 5) is 0. The van der Waals surface area contributed by atoms with Gasteiger partial charge < -0.3 is 10.8 Å². The quantitative estimate of drug-likeness (QED) is 0.826. The molecule has 0 aliphatic rings. The van der Waals surface area contributed by atoms with Crippen LogP contribution >= 0.6 is 27.3 Å². The normalized spacial score (nSPS) is 10.9. The van der Waals surface area contributed by atoms with Crippen LogP contribution < -0.4 is 5.73 Å². The summed E-state index contributed by atoms with van der Waals surface area (Å²) in [5.41, 5.74) is 7.46. The number of anilines is 1. The first-order chi connectivity index (χ1) is 6.24. The average Bonchev–Trinajstić information content (AvgIpc) is 2.48. The van der Waals surface area contributed by atoms with E-state index in [0.717, 1.165) is 25.8 Å². The molecule has 1 aromatic carbocycles. The Hall–Kier alpha value is -0.580. The molecule has 13 heavy (non-hydrogen) atoms. The smallest absolute Gasteiger partial charge is 0.0706 e. The Balaban J connectivity index is 2.85. The summed E-state index contributed by atoms with van der Waals surface area (Å²) in [6.07, 6.45) is 0. The zero-order valence-corrected chi connectivity index (χ0v) is 9.15. The molecule has 1 heterocycles. The first-order valence-corrected chi connectivity index (χ1v) is 5.46. The number of nitrogens with two attached hydrogens (primary N) is 1. The Labute approximate surface area is 88.1 Å². The summed E-state index contributed by atoms with van der Waals surface area (Å²) < 4.78 is 2.00. The van der Waals surface area contributed by atoms with Gasteiger partial charge in [-0.1, -0.05) is 22.0 Å². The summed E-state index contributed by atoms with van der Waals surface area (Å²) in [5.74, 6) is 0. The van der Waals surface area contributed by atoms with Gasteiger partial charge in [0.25, 0.3) is 0 Å². The molecule has 0 saturated heterocycles. The van der Waals surface area contributed by atoms with Crippen molar-refractivity contribution in [3.8, 4) is 0 Å². The monoisotopic (exact) mass is 257 g/mol. The maximum atomic E-state index is 9.16. The molecule has 0 spiro atoms. The summed E-state index contributed by atoms with van der Waals surface area (Å²) in [7, 11) is 0. The third-order valence-electron chi connectivity index (χ3n) is 1.98. The number of rotatable bonds is 1. The van der Waals surface area contributed by atoms with Gasteiger partial charge in [-0.25, -0.2) is 0 Å². The molecule has 4 heteroatoms. The van der Waals surface area contributed by atoms with E-state index in [2.05, 4.69) is 15.9 Å². The third kappa shape index (κ3) is 1.35. The van der Waals surface area contributed by atoms with E-state index in [4.69, 9.17) is 10.8 Å². The molecule has 0 radical (unpaired) electrons. The number of fused-ring (bicyclic) bond motifs is 1. The lowest BCUT2D eigenvalue weighted by Gasteiger charge is -2.01.